The van der Waals surface area contributed by atoms with Crippen LogP contribution < -0.4 is 5.32 Å². The molecule has 1 heterocycles. The highest BCUT2D eigenvalue weighted by molar-refractivity contribution is 8.03. The Balaban J connectivity index is 2.32. The third-order valence-corrected chi connectivity index (χ3v) is 3.81. The van der Waals surface area contributed by atoms with E-state index in [0.29, 0.717) is 5.88 Å². The summed E-state index contributed by atoms with van der Waals surface area (Å²) < 4.78 is 0. The van der Waals surface area contributed by atoms with E-state index in [1.165, 1.54) is 5.56 Å². The van der Waals surface area contributed by atoms with Crippen LogP contribution in [0.3, 0.4) is 0 Å². The Labute approximate surface area is 87.2 Å². The van der Waals surface area contributed by atoms with Crippen LogP contribution in [0.5, 0.6) is 0 Å². The predicted molar refractivity (Wildman–Crippen MR) is 58.7 cm³/mol. The third-order valence-electron chi connectivity index (χ3n) is 2.08. The van der Waals surface area contributed by atoms with Crippen LogP contribution in [0.25, 0.3) is 0 Å². The van der Waals surface area contributed by atoms with Crippen LogP contribution in [0.1, 0.15) is 5.56 Å². The summed E-state index contributed by atoms with van der Waals surface area (Å²) in [7, 11) is 0. The van der Waals surface area contributed by atoms with Gasteiger partial charge < -0.3 is 5.32 Å². The highest BCUT2D eigenvalue weighted by Gasteiger charge is 2.32. The van der Waals surface area contributed by atoms with Gasteiger partial charge in [-0.3, -0.25) is 0 Å². The van der Waals surface area contributed by atoms with Crippen LogP contribution in [-0.2, 0) is 4.87 Å². The summed E-state index contributed by atoms with van der Waals surface area (Å²) in [5.74, 6) is 0.564. The summed E-state index contributed by atoms with van der Waals surface area (Å²) >= 11 is 7.70. The van der Waals surface area contributed by atoms with Gasteiger partial charge in [-0.2, -0.15) is 0 Å². The van der Waals surface area contributed by atoms with Crippen molar-refractivity contribution in [3.05, 3.63) is 47.5 Å². The number of halogens is 1. The fourth-order valence-electron chi connectivity index (χ4n) is 1.36. The second-order valence-electron chi connectivity index (χ2n) is 2.89. The van der Waals surface area contributed by atoms with Gasteiger partial charge in [0.2, 0.25) is 0 Å². The molecule has 0 spiro atoms. The molecular weight excluding hydrogens is 202 g/mol. The maximum absolute atomic E-state index is 5.98. The highest BCUT2D eigenvalue weighted by atomic mass is 35.5. The maximum Gasteiger partial charge on any atom is 0.126 e. The topological polar surface area (TPSA) is 12.0 Å². The molecule has 1 atom stereocenters. The summed E-state index contributed by atoms with van der Waals surface area (Å²) in [4.78, 5) is -0.150. The third kappa shape index (κ3) is 1.56. The number of alkyl halides is 1. The molecule has 0 bridgehead atoms. The van der Waals surface area contributed by atoms with Crippen molar-refractivity contribution in [3.63, 3.8) is 0 Å². The van der Waals surface area contributed by atoms with Crippen molar-refractivity contribution in [1.29, 1.82) is 0 Å². The second kappa shape index (κ2) is 3.64. The molecule has 0 radical (unpaired) electrons. The summed E-state index contributed by atoms with van der Waals surface area (Å²) in [5.41, 5.74) is 1.22. The van der Waals surface area contributed by atoms with E-state index in [2.05, 4.69) is 17.4 Å². The molecule has 3 heteroatoms. The normalized spacial score (nSPS) is 25.9. The highest BCUT2D eigenvalue weighted by Crippen LogP contribution is 2.39. The Bertz CT molecular complexity index is 302. The first kappa shape index (κ1) is 8.97. The molecule has 1 aliphatic rings. The zero-order valence-corrected chi connectivity index (χ0v) is 8.61. The summed E-state index contributed by atoms with van der Waals surface area (Å²) in [5, 5.41) is 5.32. The number of hydrogen-bond donors (Lipinski definition) is 1. The smallest absolute Gasteiger partial charge is 0.126 e. The lowest BCUT2D eigenvalue weighted by Crippen LogP contribution is -2.34. The molecule has 0 saturated heterocycles. The minimum Gasteiger partial charge on any atom is -0.371 e. The zero-order valence-electron chi connectivity index (χ0n) is 7.03. The Kier molecular flexibility index (Phi) is 2.51. The Morgan fingerprint density at radius 1 is 1.31 bits per heavy atom. The number of nitrogens with one attached hydrogen (secondary N) is 1. The van der Waals surface area contributed by atoms with E-state index in [9.17, 15) is 0 Å². The van der Waals surface area contributed by atoms with Crippen LogP contribution in [-0.4, -0.2) is 5.88 Å². The molecule has 1 aromatic rings. The van der Waals surface area contributed by atoms with Gasteiger partial charge in [0.1, 0.15) is 4.87 Å². The molecule has 2 rings (SSSR count). The molecule has 1 aromatic carbocycles. The van der Waals surface area contributed by atoms with Crippen LogP contribution in [0, 0.1) is 0 Å². The molecule has 0 aliphatic carbocycles. The largest absolute Gasteiger partial charge is 0.371 e. The Morgan fingerprint density at radius 2 is 2.08 bits per heavy atom. The maximum atomic E-state index is 5.98. The van der Waals surface area contributed by atoms with Gasteiger partial charge in [0.15, 0.2) is 0 Å². The number of thioether (sulfide) groups is 1. The fraction of sp³-hybridized carbons (Fsp3) is 0.200. The molecule has 1 N–H and O–H groups in total. The monoisotopic (exact) mass is 211 g/mol. The summed E-state index contributed by atoms with van der Waals surface area (Å²) in [6, 6.07) is 10.3. The van der Waals surface area contributed by atoms with E-state index in [1.54, 1.807) is 11.8 Å². The van der Waals surface area contributed by atoms with Crippen molar-refractivity contribution in [1.82, 2.24) is 5.32 Å². The van der Waals surface area contributed by atoms with Gasteiger partial charge in [-0.05, 0) is 11.0 Å². The average Bonchev–Trinajstić information content (AvgIpc) is 2.69. The minimum atomic E-state index is -0.150. The molecule has 1 unspecified atom stereocenters. The average molecular weight is 212 g/mol. The molecule has 13 heavy (non-hydrogen) atoms. The van der Waals surface area contributed by atoms with Crippen LogP contribution in [0.15, 0.2) is 41.9 Å². The van der Waals surface area contributed by atoms with Gasteiger partial charge in [0.25, 0.3) is 0 Å². The van der Waals surface area contributed by atoms with Crippen molar-refractivity contribution >= 4 is 23.4 Å². The van der Waals surface area contributed by atoms with Gasteiger partial charge in [-0.25, -0.2) is 0 Å². The van der Waals surface area contributed by atoms with Crippen molar-refractivity contribution in [2.24, 2.45) is 0 Å². The van der Waals surface area contributed by atoms with Crippen LogP contribution in [0.2, 0.25) is 0 Å². The molecule has 0 amide bonds. The minimum absolute atomic E-state index is 0.150. The van der Waals surface area contributed by atoms with Gasteiger partial charge in [0.05, 0.1) is 5.88 Å². The van der Waals surface area contributed by atoms with E-state index in [1.807, 2.05) is 29.8 Å². The second-order valence-corrected chi connectivity index (χ2v) is 4.36. The molecule has 1 nitrogen and oxygen atoms in total. The lowest BCUT2D eigenvalue weighted by molar-refractivity contribution is 0.639. The molecule has 0 fully saturated rings. The Hall–Kier alpha value is -0.600. The van der Waals surface area contributed by atoms with Crippen molar-refractivity contribution < 1.29 is 0 Å². The fourth-order valence-corrected chi connectivity index (χ4v) is 2.62. The number of benzene rings is 1. The summed E-state index contributed by atoms with van der Waals surface area (Å²) in [6.45, 7) is 0. The lowest BCUT2D eigenvalue weighted by atomic mass is 10.1. The standard InChI is InChI=1S/C10H10ClNS/c11-8-10(12-6-7-13-10)9-4-2-1-3-5-9/h1-7,12H,8H2. The molecule has 1 aliphatic heterocycles. The molecule has 68 valence electrons. The first-order chi connectivity index (χ1) is 6.37. The lowest BCUT2D eigenvalue weighted by Gasteiger charge is -2.26. The van der Waals surface area contributed by atoms with Gasteiger partial charge in [-0.15, -0.1) is 11.6 Å². The van der Waals surface area contributed by atoms with Crippen LogP contribution >= 0.6 is 23.4 Å². The van der Waals surface area contributed by atoms with Crippen molar-refractivity contribution in [2.75, 3.05) is 5.88 Å². The summed E-state index contributed by atoms with van der Waals surface area (Å²) in [6.07, 6.45) is 1.94. The van der Waals surface area contributed by atoms with E-state index < -0.39 is 0 Å². The zero-order chi connectivity index (χ0) is 9.15. The first-order valence-electron chi connectivity index (χ1n) is 4.09. The molecule has 0 saturated carbocycles. The van der Waals surface area contributed by atoms with E-state index in [-0.39, 0.29) is 4.87 Å². The van der Waals surface area contributed by atoms with E-state index in [0.717, 1.165) is 0 Å². The van der Waals surface area contributed by atoms with Gasteiger partial charge in [0, 0.05) is 6.20 Å². The van der Waals surface area contributed by atoms with Crippen molar-refractivity contribution in [3.8, 4) is 0 Å². The predicted octanol–water partition coefficient (Wildman–Crippen LogP) is 2.89. The molecular formula is C10H10ClNS. The number of rotatable bonds is 2. The van der Waals surface area contributed by atoms with Crippen molar-refractivity contribution in [2.45, 2.75) is 4.87 Å². The number of hydrogen-bond acceptors (Lipinski definition) is 2. The SMILES string of the molecule is ClCC1(c2ccccc2)NC=CS1. The van der Waals surface area contributed by atoms with E-state index >= 15 is 0 Å². The van der Waals surface area contributed by atoms with Gasteiger partial charge in [-0.1, -0.05) is 42.1 Å². The first-order valence-corrected chi connectivity index (χ1v) is 5.51. The molecule has 0 aromatic heterocycles. The van der Waals surface area contributed by atoms with Gasteiger partial charge >= 0.3 is 0 Å². The van der Waals surface area contributed by atoms with Crippen LogP contribution in [0.4, 0.5) is 0 Å². The Morgan fingerprint density at radius 3 is 2.62 bits per heavy atom. The quantitative estimate of drug-likeness (QED) is 0.756. The van der Waals surface area contributed by atoms with E-state index in [4.69, 9.17) is 11.6 Å².